The Balaban J connectivity index is 4.89. The Morgan fingerprint density at radius 3 is 1.93 bits per heavy atom. The molecule has 0 rings (SSSR count). The highest BCUT2D eigenvalue weighted by atomic mass is 32.2. The van der Waals surface area contributed by atoms with Crippen LogP contribution in [0.1, 0.15) is 27.7 Å². The van der Waals surface area contributed by atoms with Gasteiger partial charge in [0.2, 0.25) is 0 Å². The average molecular weight is 256 g/mol. The van der Waals surface area contributed by atoms with Crippen LogP contribution < -0.4 is 4.72 Å². The fraction of sp³-hybridized carbons (Fsp3) is 0.857. The highest BCUT2D eigenvalue weighted by Crippen LogP contribution is 2.10. The fourth-order valence-electron chi connectivity index (χ4n) is 1.33. The molecule has 0 aromatic carbocycles. The fourth-order valence-corrected chi connectivity index (χ4v) is 2.90. The van der Waals surface area contributed by atoms with Gasteiger partial charge in [-0.15, -0.1) is 0 Å². The zero-order valence-electron chi connectivity index (χ0n) is 9.09. The average Bonchev–Trinajstić information content (AvgIpc) is 2.00. The molecule has 0 aliphatic carbocycles. The summed E-state index contributed by atoms with van der Waals surface area (Å²) in [6.45, 7) is 6.85. The number of nitrogens with one attached hydrogen (secondary N) is 1. The lowest BCUT2D eigenvalue weighted by Gasteiger charge is -2.28. The van der Waals surface area contributed by atoms with Crippen LogP contribution in [0.3, 0.4) is 0 Å². The molecule has 0 spiro atoms. The molecule has 0 unspecified atom stereocenters. The zero-order chi connectivity index (χ0) is 12.2. The summed E-state index contributed by atoms with van der Waals surface area (Å²) in [5.74, 6) is 0. The first-order chi connectivity index (χ1) is 6.72. The molecule has 0 aliphatic rings. The van der Waals surface area contributed by atoms with Crippen LogP contribution in [0, 0.1) is 0 Å². The Morgan fingerprint density at radius 2 is 1.67 bits per heavy atom. The van der Waals surface area contributed by atoms with E-state index in [1.807, 2.05) is 0 Å². The third kappa shape index (κ3) is 4.27. The van der Waals surface area contributed by atoms with E-state index in [1.54, 1.807) is 32.4 Å². The molecule has 0 aromatic heterocycles. The Labute approximate surface area is 95.8 Å². The van der Waals surface area contributed by atoms with E-state index < -0.39 is 16.3 Å². The van der Waals surface area contributed by atoms with Crippen molar-refractivity contribution < 1.29 is 17.4 Å². The summed E-state index contributed by atoms with van der Waals surface area (Å²) >= 11 is 3.20. The third-order valence-corrected chi connectivity index (χ3v) is 3.58. The molecule has 6 nitrogen and oxygen atoms in total. The first-order valence-electron chi connectivity index (χ1n) is 4.39. The number of nitrogens with zero attached hydrogens (tertiary/aromatic N) is 1. The lowest BCUT2D eigenvalue weighted by Crippen LogP contribution is -2.49. The minimum absolute atomic E-state index is 0.254. The first kappa shape index (κ1) is 14.5. The van der Waals surface area contributed by atoms with Gasteiger partial charge in [-0.3, -0.25) is 0 Å². The van der Waals surface area contributed by atoms with Crippen LogP contribution in [0.25, 0.3) is 0 Å². The predicted molar refractivity (Wildman–Crippen MR) is 59.6 cm³/mol. The Morgan fingerprint density at radius 1 is 1.27 bits per heavy atom. The number of amides is 1. The summed E-state index contributed by atoms with van der Waals surface area (Å²) in [5, 5.41) is 0. The van der Waals surface area contributed by atoms with Crippen molar-refractivity contribution in [2.45, 2.75) is 39.8 Å². The van der Waals surface area contributed by atoms with Crippen molar-refractivity contribution >= 4 is 29.2 Å². The number of rotatable bonds is 4. The molecule has 0 saturated carbocycles. The molecule has 15 heavy (non-hydrogen) atoms. The zero-order valence-corrected chi connectivity index (χ0v) is 10.8. The lowest BCUT2D eigenvalue weighted by molar-refractivity contribution is 0.213. The second kappa shape index (κ2) is 5.57. The maximum atomic E-state index is 11.7. The first-order valence-corrected chi connectivity index (χ1v) is 6.19. The molecule has 0 aliphatic heterocycles. The molecule has 0 bridgehead atoms. The van der Waals surface area contributed by atoms with Gasteiger partial charge < -0.3 is 4.18 Å². The van der Waals surface area contributed by atoms with Crippen molar-refractivity contribution in [2.75, 3.05) is 0 Å². The maximum Gasteiger partial charge on any atom is 0.433 e. The number of carbonyl (C=O) groups is 1. The molecule has 0 atom stereocenters. The minimum atomic E-state index is -3.87. The van der Waals surface area contributed by atoms with E-state index in [4.69, 9.17) is 0 Å². The molecule has 8 heteroatoms. The van der Waals surface area contributed by atoms with Gasteiger partial charge in [0.15, 0.2) is 0 Å². The van der Waals surface area contributed by atoms with Gasteiger partial charge in [0, 0.05) is 25.0 Å². The van der Waals surface area contributed by atoms with Gasteiger partial charge in [0.1, 0.15) is 0 Å². The van der Waals surface area contributed by atoms with Gasteiger partial charge in [-0.25, -0.2) is 9.52 Å². The molecule has 0 radical (unpaired) electrons. The van der Waals surface area contributed by atoms with E-state index in [0.717, 1.165) is 4.31 Å². The van der Waals surface area contributed by atoms with Gasteiger partial charge in [-0.1, -0.05) is 0 Å². The van der Waals surface area contributed by atoms with E-state index in [2.05, 4.69) is 17.1 Å². The highest BCUT2D eigenvalue weighted by Gasteiger charge is 2.29. The van der Waals surface area contributed by atoms with Crippen LogP contribution in [0.5, 0.6) is 0 Å². The molecule has 0 fully saturated rings. The molecule has 0 heterocycles. The molecule has 90 valence electrons. The molecule has 1 N–H and O–H groups in total. The van der Waals surface area contributed by atoms with Gasteiger partial charge >= 0.3 is 16.3 Å². The van der Waals surface area contributed by atoms with E-state index >= 15 is 0 Å². The van der Waals surface area contributed by atoms with Crippen LogP contribution in [-0.4, -0.2) is 30.9 Å². The van der Waals surface area contributed by atoms with E-state index in [0.29, 0.717) is 0 Å². The lowest BCUT2D eigenvalue weighted by atomic mass is 10.3. The second-order valence-corrected chi connectivity index (χ2v) is 5.26. The van der Waals surface area contributed by atoms with Crippen molar-refractivity contribution in [3.63, 3.8) is 0 Å². The van der Waals surface area contributed by atoms with Crippen molar-refractivity contribution in [2.24, 2.45) is 0 Å². The van der Waals surface area contributed by atoms with Gasteiger partial charge in [0.05, 0.1) is 0 Å². The summed E-state index contributed by atoms with van der Waals surface area (Å²) in [4.78, 5) is 10.8. The molecular weight excluding hydrogens is 240 g/mol. The molecular formula is C7H16N2O4S2. The second-order valence-electron chi connectivity index (χ2n) is 3.50. The summed E-state index contributed by atoms with van der Waals surface area (Å²) in [7, 11) is -3.87. The SMILES string of the molecule is CC(C)N(C(C)C)S(=O)(=O)NC(=O)OS. The predicted octanol–water partition coefficient (Wildman–Crippen LogP) is 0.921. The quantitative estimate of drug-likeness (QED) is 0.579. The van der Waals surface area contributed by atoms with Crippen LogP contribution in [0.15, 0.2) is 0 Å². The largest absolute Gasteiger partial charge is 0.433 e. The Bertz CT molecular complexity index is 305. The van der Waals surface area contributed by atoms with Crippen molar-refractivity contribution in [3.8, 4) is 0 Å². The van der Waals surface area contributed by atoms with Crippen LogP contribution in [0.2, 0.25) is 0 Å². The monoisotopic (exact) mass is 256 g/mol. The molecule has 0 saturated heterocycles. The summed E-state index contributed by atoms with van der Waals surface area (Å²) in [5.41, 5.74) is 0. The maximum absolute atomic E-state index is 11.7. The van der Waals surface area contributed by atoms with Crippen molar-refractivity contribution in [3.05, 3.63) is 0 Å². The number of hydrogen-bond donors (Lipinski definition) is 2. The summed E-state index contributed by atoms with van der Waals surface area (Å²) in [6.07, 6.45) is -1.12. The molecule has 0 aromatic rings. The highest BCUT2D eigenvalue weighted by molar-refractivity contribution is 7.87. The Hall–Kier alpha value is -0.470. The van der Waals surface area contributed by atoms with Crippen LogP contribution >= 0.6 is 12.9 Å². The van der Waals surface area contributed by atoms with Crippen LogP contribution in [0.4, 0.5) is 4.79 Å². The normalized spacial score (nSPS) is 12.3. The number of thiol groups is 1. The third-order valence-electron chi connectivity index (χ3n) is 1.59. The van der Waals surface area contributed by atoms with Crippen LogP contribution in [-0.2, 0) is 14.4 Å². The van der Waals surface area contributed by atoms with Crippen molar-refractivity contribution in [1.29, 1.82) is 0 Å². The van der Waals surface area contributed by atoms with Gasteiger partial charge in [-0.05, 0) is 27.7 Å². The Kier molecular flexibility index (Phi) is 5.39. The molecule has 1 amide bonds. The summed E-state index contributed by atoms with van der Waals surface area (Å²) in [6, 6.07) is -0.509. The summed E-state index contributed by atoms with van der Waals surface area (Å²) < 4.78 is 30.2. The van der Waals surface area contributed by atoms with E-state index in [1.165, 1.54) is 0 Å². The minimum Gasteiger partial charge on any atom is -0.378 e. The van der Waals surface area contributed by atoms with Crippen molar-refractivity contribution in [1.82, 2.24) is 9.03 Å². The smallest absolute Gasteiger partial charge is 0.378 e. The van der Waals surface area contributed by atoms with E-state index in [9.17, 15) is 13.2 Å². The van der Waals surface area contributed by atoms with Gasteiger partial charge in [0.25, 0.3) is 0 Å². The van der Waals surface area contributed by atoms with E-state index in [-0.39, 0.29) is 12.1 Å². The number of hydrogen-bond acceptors (Lipinski definition) is 5. The number of carbonyl (C=O) groups excluding carboxylic acids is 1. The standard InChI is InChI=1S/C7H16N2O4S2/c1-5(2)9(6(3)4)15(11,12)8-7(10)13-14/h5-6,14H,1-4H3,(H,8,10). The van der Waals surface area contributed by atoms with Gasteiger partial charge in [-0.2, -0.15) is 12.7 Å². The topological polar surface area (TPSA) is 75.7 Å².